The van der Waals surface area contributed by atoms with Gasteiger partial charge in [-0.3, -0.25) is 24.3 Å². The zero-order valence-corrected chi connectivity index (χ0v) is 27.2. The molecule has 10 heteroatoms. The molecule has 0 saturated carbocycles. The van der Waals surface area contributed by atoms with Gasteiger partial charge in [-0.05, 0) is 65.7 Å². The van der Waals surface area contributed by atoms with Gasteiger partial charge in [0.05, 0.1) is 24.4 Å². The van der Waals surface area contributed by atoms with Crippen molar-refractivity contribution in [1.82, 2.24) is 15.1 Å². The van der Waals surface area contributed by atoms with Crippen LogP contribution in [0, 0.1) is 5.82 Å². The van der Waals surface area contributed by atoms with E-state index in [1.165, 1.54) is 12.1 Å². The topological polar surface area (TPSA) is 97.3 Å². The summed E-state index contributed by atoms with van der Waals surface area (Å²) in [5.74, 6) is -1.55. The first-order valence-corrected chi connectivity index (χ1v) is 16.1. The molecule has 1 saturated heterocycles. The van der Waals surface area contributed by atoms with Gasteiger partial charge in [-0.1, -0.05) is 60.7 Å². The van der Waals surface area contributed by atoms with Crippen molar-refractivity contribution >= 4 is 40.5 Å². The molecule has 1 atom stereocenters. The Bertz CT molecular complexity index is 1800. The summed E-state index contributed by atoms with van der Waals surface area (Å²) in [6, 6.07) is 28.7. The van der Waals surface area contributed by atoms with Crippen LogP contribution in [0.5, 0.6) is 0 Å². The number of hydrogen-bond acceptors (Lipinski definition) is 6. The number of rotatable bonds is 10. The molecule has 48 heavy (non-hydrogen) atoms. The van der Waals surface area contributed by atoms with Crippen molar-refractivity contribution in [2.24, 2.45) is 4.99 Å². The van der Waals surface area contributed by atoms with Crippen molar-refractivity contribution in [1.29, 1.82) is 0 Å². The van der Waals surface area contributed by atoms with Gasteiger partial charge >= 0.3 is 0 Å². The van der Waals surface area contributed by atoms with Gasteiger partial charge < -0.3 is 20.4 Å². The van der Waals surface area contributed by atoms with Crippen LogP contribution in [0.4, 0.5) is 21.5 Å². The van der Waals surface area contributed by atoms with Crippen molar-refractivity contribution in [2.45, 2.75) is 18.9 Å². The van der Waals surface area contributed by atoms with Gasteiger partial charge in [0, 0.05) is 51.1 Å². The van der Waals surface area contributed by atoms with Crippen LogP contribution in [0.3, 0.4) is 0 Å². The largest absolute Gasteiger partial charge is 0.352 e. The number of anilines is 2. The van der Waals surface area contributed by atoms with E-state index in [4.69, 9.17) is 4.99 Å². The van der Waals surface area contributed by atoms with Crippen LogP contribution in [0.25, 0.3) is 0 Å². The summed E-state index contributed by atoms with van der Waals surface area (Å²) in [6.07, 6.45) is 0.297. The first-order chi connectivity index (χ1) is 23.2. The molecule has 1 unspecified atom stereocenters. The molecule has 4 aromatic carbocycles. The van der Waals surface area contributed by atoms with E-state index in [1.807, 2.05) is 78.9 Å². The Hall–Kier alpha value is -5.19. The van der Waals surface area contributed by atoms with Gasteiger partial charge in [0.1, 0.15) is 11.7 Å². The Morgan fingerprint density at radius 1 is 0.917 bits per heavy atom. The summed E-state index contributed by atoms with van der Waals surface area (Å²) in [4.78, 5) is 49.9. The number of nitrogens with one attached hydrogen (secondary N) is 2. The SMILES string of the molecule is CN1CCN(CC(=O)N(C)c2ccc(N=C(c3ccc(CNC(=O)Cc4ccccc4)cc3)C3C(=O)Nc4cc(F)ccc43)cc2)CC1. The highest BCUT2D eigenvalue weighted by atomic mass is 19.1. The molecule has 0 aliphatic carbocycles. The average Bonchev–Trinajstić information content (AvgIpc) is 3.42. The Kier molecular flexibility index (Phi) is 10.0. The standard InChI is InChI=1S/C38H39FN6O3/c1-43-18-20-45(21-19-43)25-35(47)44(2)31-15-13-30(14-16-31)41-37(36-32-17-12-29(39)23-33(32)42-38(36)48)28-10-8-27(9-11-28)24-40-34(46)22-26-6-4-3-5-7-26/h3-17,23,36H,18-22,24-25H2,1-2H3,(H,40,46)(H,42,48). The molecule has 0 aromatic heterocycles. The molecule has 246 valence electrons. The predicted octanol–water partition coefficient (Wildman–Crippen LogP) is 4.75. The first-order valence-electron chi connectivity index (χ1n) is 16.1. The summed E-state index contributed by atoms with van der Waals surface area (Å²) >= 11 is 0. The van der Waals surface area contributed by atoms with Crippen LogP contribution >= 0.6 is 0 Å². The van der Waals surface area contributed by atoms with Crippen molar-refractivity contribution in [2.75, 3.05) is 57.0 Å². The van der Waals surface area contributed by atoms with Crippen molar-refractivity contribution in [3.05, 3.63) is 125 Å². The van der Waals surface area contributed by atoms with E-state index in [1.54, 1.807) is 18.0 Å². The van der Waals surface area contributed by atoms with E-state index in [9.17, 15) is 18.8 Å². The number of likely N-dealkylation sites (N-methyl/N-ethyl adjacent to an activating group) is 2. The lowest BCUT2D eigenvalue weighted by molar-refractivity contribution is -0.121. The summed E-state index contributed by atoms with van der Waals surface area (Å²) in [6.45, 7) is 4.32. The maximum atomic E-state index is 14.0. The normalized spacial score (nSPS) is 16.7. The fourth-order valence-corrected chi connectivity index (χ4v) is 5.98. The highest BCUT2D eigenvalue weighted by Crippen LogP contribution is 2.37. The third kappa shape index (κ3) is 7.84. The molecule has 0 radical (unpaired) electrons. The lowest BCUT2D eigenvalue weighted by atomic mass is 9.90. The predicted molar refractivity (Wildman–Crippen MR) is 186 cm³/mol. The van der Waals surface area contributed by atoms with E-state index < -0.39 is 11.7 Å². The molecule has 6 rings (SSSR count). The maximum Gasteiger partial charge on any atom is 0.240 e. The quantitative estimate of drug-likeness (QED) is 0.243. The van der Waals surface area contributed by atoms with E-state index in [0.29, 0.717) is 42.2 Å². The number of benzene rings is 4. The monoisotopic (exact) mass is 646 g/mol. The smallest absolute Gasteiger partial charge is 0.240 e. The molecule has 0 bridgehead atoms. The minimum absolute atomic E-state index is 0.0132. The Labute approximate surface area is 280 Å². The number of fused-ring (bicyclic) bond motifs is 1. The van der Waals surface area contributed by atoms with Crippen LogP contribution in [0.15, 0.2) is 102 Å². The molecule has 4 aromatic rings. The highest BCUT2D eigenvalue weighted by molar-refractivity contribution is 6.24. The summed E-state index contributed by atoms with van der Waals surface area (Å²) < 4.78 is 14.0. The lowest BCUT2D eigenvalue weighted by Gasteiger charge is -2.32. The second-order valence-corrected chi connectivity index (χ2v) is 12.3. The van der Waals surface area contributed by atoms with Crippen molar-refractivity contribution in [3.8, 4) is 0 Å². The van der Waals surface area contributed by atoms with Crippen LogP contribution in [-0.2, 0) is 27.3 Å². The Morgan fingerprint density at radius 3 is 2.33 bits per heavy atom. The van der Waals surface area contributed by atoms with Crippen LogP contribution in [0.1, 0.15) is 28.2 Å². The van der Waals surface area contributed by atoms with E-state index in [0.717, 1.165) is 48.6 Å². The molecular formula is C38H39FN6O3. The molecule has 3 amide bonds. The fraction of sp³-hybridized carbons (Fsp3) is 0.263. The number of piperazine rings is 1. The molecule has 9 nitrogen and oxygen atoms in total. The minimum Gasteiger partial charge on any atom is -0.352 e. The summed E-state index contributed by atoms with van der Waals surface area (Å²) in [5.41, 5.74) is 5.47. The molecular weight excluding hydrogens is 607 g/mol. The van der Waals surface area contributed by atoms with Crippen molar-refractivity contribution in [3.63, 3.8) is 0 Å². The van der Waals surface area contributed by atoms with E-state index >= 15 is 0 Å². The molecule has 1 fully saturated rings. The molecule has 2 aliphatic rings. The van der Waals surface area contributed by atoms with Gasteiger partial charge in [0.2, 0.25) is 17.7 Å². The van der Waals surface area contributed by atoms with Gasteiger partial charge in [-0.25, -0.2) is 4.39 Å². The number of halogens is 1. The zero-order valence-electron chi connectivity index (χ0n) is 27.2. The fourth-order valence-electron chi connectivity index (χ4n) is 5.98. The second kappa shape index (κ2) is 14.7. The Morgan fingerprint density at radius 2 is 1.62 bits per heavy atom. The van der Waals surface area contributed by atoms with Gasteiger partial charge in [0.15, 0.2) is 0 Å². The van der Waals surface area contributed by atoms with Gasteiger partial charge in [-0.2, -0.15) is 0 Å². The van der Waals surface area contributed by atoms with Crippen LogP contribution in [0.2, 0.25) is 0 Å². The number of carbonyl (C=O) groups is 3. The molecule has 2 N–H and O–H groups in total. The third-order valence-electron chi connectivity index (χ3n) is 8.88. The first kappa shape index (κ1) is 32.7. The molecule has 2 aliphatic heterocycles. The number of nitrogens with zero attached hydrogens (tertiary/aromatic N) is 4. The third-order valence-corrected chi connectivity index (χ3v) is 8.88. The van der Waals surface area contributed by atoms with Gasteiger partial charge in [0.25, 0.3) is 0 Å². The average molecular weight is 647 g/mol. The lowest BCUT2D eigenvalue weighted by Crippen LogP contribution is -2.48. The van der Waals surface area contributed by atoms with Crippen LogP contribution < -0.4 is 15.5 Å². The number of hydrogen-bond donors (Lipinski definition) is 2. The van der Waals surface area contributed by atoms with Crippen molar-refractivity contribution < 1.29 is 18.8 Å². The number of aliphatic imine (C=N–C) groups is 1. The Balaban J connectivity index is 1.21. The summed E-state index contributed by atoms with van der Waals surface area (Å²) in [7, 11) is 3.86. The number of amides is 3. The molecule has 0 spiro atoms. The highest BCUT2D eigenvalue weighted by Gasteiger charge is 2.35. The number of carbonyl (C=O) groups excluding carboxylic acids is 3. The molecule has 2 heterocycles. The summed E-state index contributed by atoms with van der Waals surface area (Å²) in [5, 5.41) is 5.76. The minimum atomic E-state index is -0.760. The van der Waals surface area contributed by atoms with E-state index in [2.05, 4.69) is 27.5 Å². The van der Waals surface area contributed by atoms with E-state index in [-0.39, 0.29) is 17.7 Å². The second-order valence-electron chi connectivity index (χ2n) is 12.3. The maximum absolute atomic E-state index is 14.0. The van der Waals surface area contributed by atoms with Crippen LogP contribution in [-0.4, -0.2) is 80.1 Å². The zero-order chi connectivity index (χ0) is 33.6. The van der Waals surface area contributed by atoms with Gasteiger partial charge in [-0.15, -0.1) is 0 Å².